The van der Waals surface area contributed by atoms with E-state index in [0.717, 1.165) is 5.69 Å². The second-order valence-corrected chi connectivity index (χ2v) is 6.62. The molecule has 1 N–H and O–H groups in total. The number of pyridine rings is 1. The van der Waals surface area contributed by atoms with Crippen molar-refractivity contribution < 1.29 is 9.90 Å². The lowest BCUT2D eigenvalue weighted by Gasteiger charge is -2.24. The Bertz CT molecular complexity index is 528. The third-order valence-corrected chi connectivity index (χ3v) is 4.28. The van der Waals surface area contributed by atoms with Gasteiger partial charge in [-0.05, 0) is 36.8 Å². The summed E-state index contributed by atoms with van der Waals surface area (Å²) in [5, 5.41) is 9.39. The lowest BCUT2D eigenvalue weighted by molar-refractivity contribution is 0.0693. The van der Waals surface area contributed by atoms with Crippen LogP contribution in [-0.4, -0.2) is 16.1 Å². The van der Waals surface area contributed by atoms with Gasteiger partial charge in [0.05, 0.1) is 11.3 Å². The number of carboxylic acids is 1. The van der Waals surface area contributed by atoms with Gasteiger partial charge in [-0.25, -0.2) is 4.79 Å². The average molecular weight is 245 g/mol. The van der Waals surface area contributed by atoms with Gasteiger partial charge < -0.3 is 5.11 Å². The van der Waals surface area contributed by atoms with Crippen LogP contribution in [-0.2, 0) is 5.41 Å². The van der Waals surface area contributed by atoms with Gasteiger partial charge >= 0.3 is 5.97 Å². The van der Waals surface area contributed by atoms with Crippen molar-refractivity contribution in [2.75, 3.05) is 0 Å². The second-order valence-electron chi connectivity index (χ2n) is 6.62. The molecule has 2 unspecified atom stereocenters. The number of carbonyl (C=O) groups is 1. The molecule has 1 saturated carbocycles. The Hall–Kier alpha value is -1.38. The Labute approximate surface area is 107 Å². The summed E-state index contributed by atoms with van der Waals surface area (Å²) in [5.41, 5.74) is 3.30. The third kappa shape index (κ3) is 1.57. The number of hydrogen-bond acceptors (Lipinski definition) is 2. The van der Waals surface area contributed by atoms with Crippen molar-refractivity contribution >= 4 is 5.97 Å². The summed E-state index contributed by atoms with van der Waals surface area (Å²) in [4.78, 5) is 16.2. The normalized spacial score (nSPS) is 25.3. The highest BCUT2D eigenvalue weighted by Crippen LogP contribution is 2.52. The Morgan fingerprint density at radius 2 is 2.00 bits per heavy atom. The van der Waals surface area contributed by atoms with Crippen molar-refractivity contribution in [1.82, 2.24) is 4.98 Å². The van der Waals surface area contributed by atoms with E-state index in [9.17, 15) is 9.90 Å². The fourth-order valence-electron chi connectivity index (χ4n) is 3.44. The van der Waals surface area contributed by atoms with Crippen LogP contribution in [0, 0.1) is 0 Å². The summed E-state index contributed by atoms with van der Waals surface area (Å²) in [6, 6.07) is 1.90. The Balaban J connectivity index is 2.21. The number of fused-ring (bicyclic) bond motifs is 5. The minimum atomic E-state index is -0.849. The summed E-state index contributed by atoms with van der Waals surface area (Å²) in [6.45, 7) is 6.09. The first-order chi connectivity index (χ1) is 8.38. The standard InChI is InChI=1S/C15H19NO2/c1-15(2,3)13-11(14(17)18)7-10-8-4-5-9(6-8)12(10)16-13/h7-9H,4-6H2,1-3H3,(H,17,18). The van der Waals surface area contributed by atoms with Crippen LogP contribution in [0.4, 0.5) is 0 Å². The topological polar surface area (TPSA) is 50.2 Å². The first-order valence-corrected chi connectivity index (χ1v) is 6.66. The number of nitrogens with zero attached hydrogens (tertiary/aromatic N) is 1. The molecule has 1 fully saturated rings. The molecule has 0 aliphatic heterocycles. The third-order valence-electron chi connectivity index (χ3n) is 4.28. The largest absolute Gasteiger partial charge is 0.478 e. The monoisotopic (exact) mass is 245 g/mol. The molecule has 0 amide bonds. The number of aromatic nitrogens is 1. The summed E-state index contributed by atoms with van der Waals surface area (Å²) < 4.78 is 0. The fraction of sp³-hybridized carbons (Fsp3) is 0.600. The molecule has 3 heteroatoms. The highest BCUT2D eigenvalue weighted by atomic mass is 16.4. The van der Waals surface area contributed by atoms with Crippen LogP contribution in [0.25, 0.3) is 0 Å². The molecule has 1 aromatic rings. The number of hydrogen-bond donors (Lipinski definition) is 1. The predicted molar refractivity (Wildman–Crippen MR) is 69.2 cm³/mol. The lowest BCUT2D eigenvalue weighted by Crippen LogP contribution is -2.21. The zero-order valence-electron chi connectivity index (χ0n) is 11.2. The lowest BCUT2D eigenvalue weighted by atomic mass is 9.85. The maximum atomic E-state index is 11.4. The molecule has 2 aliphatic carbocycles. The van der Waals surface area contributed by atoms with E-state index in [1.165, 1.54) is 30.5 Å². The number of rotatable bonds is 1. The van der Waals surface area contributed by atoms with E-state index in [1.807, 2.05) is 26.8 Å². The number of aromatic carboxylic acids is 1. The molecule has 1 aromatic heterocycles. The van der Waals surface area contributed by atoms with Gasteiger partial charge in [-0.2, -0.15) is 0 Å². The highest BCUT2D eigenvalue weighted by molar-refractivity contribution is 5.89. The van der Waals surface area contributed by atoms with Crippen LogP contribution in [0.5, 0.6) is 0 Å². The molecule has 2 bridgehead atoms. The zero-order chi connectivity index (χ0) is 13.1. The fourth-order valence-corrected chi connectivity index (χ4v) is 3.44. The van der Waals surface area contributed by atoms with E-state index < -0.39 is 5.97 Å². The van der Waals surface area contributed by atoms with E-state index in [1.54, 1.807) is 0 Å². The van der Waals surface area contributed by atoms with E-state index >= 15 is 0 Å². The van der Waals surface area contributed by atoms with Gasteiger partial charge in [0.1, 0.15) is 0 Å². The first-order valence-electron chi connectivity index (χ1n) is 6.66. The Morgan fingerprint density at radius 3 is 2.61 bits per heavy atom. The maximum Gasteiger partial charge on any atom is 0.337 e. The molecule has 3 nitrogen and oxygen atoms in total. The van der Waals surface area contributed by atoms with Crippen molar-refractivity contribution in [2.45, 2.75) is 57.3 Å². The number of carboxylic acid groups (broad SMARTS) is 1. The van der Waals surface area contributed by atoms with Gasteiger partial charge in [-0.15, -0.1) is 0 Å². The van der Waals surface area contributed by atoms with E-state index in [4.69, 9.17) is 4.98 Å². The van der Waals surface area contributed by atoms with Gasteiger partial charge in [0, 0.05) is 17.0 Å². The van der Waals surface area contributed by atoms with Crippen LogP contribution in [0.2, 0.25) is 0 Å². The molecule has 0 spiro atoms. The molecular formula is C15H19NO2. The smallest absolute Gasteiger partial charge is 0.337 e. The Kier molecular flexibility index (Phi) is 2.31. The van der Waals surface area contributed by atoms with Gasteiger partial charge in [0.2, 0.25) is 0 Å². The van der Waals surface area contributed by atoms with Crippen molar-refractivity contribution in [3.8, 4) is 0 Å². The van der Waals surface area contributed by atoms with Crippen molar-refractivity contribution in [2.24, 2.45) is 0 Å². The van der Waals surface area contributed by atoms with Gasteiger partial charge in [0.25, 0.3) is 0 Å². The minimum Gasteiger partial charge on any atom is -0.478 e. The summed E-state index contributed by atoms with van der Waals surface area (Å²) >= 11 is 0. The van der Waals surface area contributed by atoms with Crippen molar-refractivity contribution in [3.05, 3.63) is 28.6 Å². The SMILES string of the molecule is CC(C)(C)c1nc2c(cc1C(=O)O)C1CCC2C1. The van der Waals surface area contributed by atoms with Gasteiger partial charge in [-0.3, -0.25) is 4.98 Å². The predicted octanol–water partition coefficient (Wildman–Crippen LogP) is 3.44. The highest BCUT2D eigenvalue weighted by Gasteiger charge is 2.40. The molecule has 18 heavy (non-hydrogen) atoms. The maximum absolute atomic E-state index is 11.4. The van der Waals surface area contributed by atoms with E-state index in [2.05, 4.69) is 0 Å². The molecule has 0 radical (unpaired) electrons. The molecule has 3 rings (SSSR count). The molecule has 2 aliphatic rings. The molecule has 2 atom stereocenters. The van der Waals surface area contributed by atoms with Gasteiger partial charge in [-0.1, -0.05) is 20.8 Å². The van der Waals surface area contributed by atoms with Crippen molar-refractivity contribution in [1.29, 1.82) is 0 Å². The van der Waals surface area contributed by atoms with Crippen molar-refractivity contribution in [3.63, 3.8) is 0 Å². The quantitative estimate of drug-likeness (QED) is 0.824. The molecule has 96 valence electrons. The van der Waals surface area contributed by atoms with Crippen LogP contribution in [0.1, 0.15) is 79.2 Å². The first kappa shape index (κ1) is 11.7. The summed E-state index contributed by atoms with van der Waals surface area (Å²) in [6.07, 6.45) is 3.60. The zero-order valence-corrected chi connectivity index (χ0v) is 11.2. The Morgan fingerprint density at radius 1 is 1.33 bits per heavy atom. The molecule has 1 heterocycles. The summed E-state index contributed by atoms with van der Waals surface area (Å²) in [5.74, 6) is 0.288. The van der Waals surface area contributed by atoms with Crippen LogP contribution < -0.4 is 0 Å². The van der Waals surface area contributed by atoms with Crippen LogP contribution in [0.3, 0.4) is 0 Å². The molecular weight excluding hydrogens is 226 g/mol. The minimum absolute atomic E-state index is 0.218. The average Bonchev–Trinajstić information content (AvgIpc) is 2.86. The van der Waals surface area contributed by atoms with Crippen LogP contribution in [0.15, 0.2) is 6.07 Å². The second kappa shape index (κ2) is 3.56. The molecule has 0 saturated heterocycles. The van der Waals surface area contributed by atoms with E-state index in [0.29, 0.717) is 17.4 Å². The van der Waals surface area contributed by atoms with E-state index in [-0.39, 0.29) is 5.41 Å². The molecule has 0 aromatic carbocycles. The van der Waals surface area contributed by atoms with Gasteiger partial charge in [0.15, 0.2) is 0 Å². The summed E-state index contributed by atoms with van der Waals surface area (Å²) in [7, 11) is 0. The van der Waals surface area contributed by atoms with Crippen LogP contribution >= 0.6 is 0 Å².